The number of thiocarbonyl (C=S) groups is 1. The van der Waals surface area contributed by atoms with Gasteiger partial charge in [0.2, 0.25) is 0 Å². The topological polar surface area (TPSA) is 78.5 Å². The summed E-state index contributed by atoms with van der Waals surface area (Å²) in [5, 5.41) is 5.52. The van der Waals surface area contributed by atoms with Gasteiger partial charge in [-0.3, -0.25) is 19.7 Å². The van der Waals surface area contributed by atoms with E-state index in [2.05, 4.69) is 10.6 Å². The van der Waals surface area contributed by atoms with E-state index in [-0.39, 0.29) is 22.1 Å². The first-order valence-electron chi connectivity index (χ1n) is 9.21. The summed E-state index contributed by atoms with van der Waals surface area (Å²) >= 11 is 5.25. The zero-order valence-corrected chi connectivity index (χ0v) is 16.8. The van der Waals surface area contributed by atoms with E-state index in [9.17, 15) is 14.4 Å². The molecule has 1 aliphatic heterocycles. The number of fused-ring (bicyclic) bond motifs is 1. The van der Waals surface area contributed by atoms with Crippen molar-refractivity contribution in [1.82, 2.24) is 5.32 Å². The van der Waals surface area contributed by atoms with Crippen LogP contribution in [0.1, 0.15) is 36.6 Å². The molecule has 1 aliphatic rings. The van der Waals surface area contributed by atoms with Crippen LogP contribution in [0.4, 0.5) is 11.4 Å². The predicted molar refractivity (Wildman–Crippen MR) is 119 cm³/mol. The van der Waals surface area contributed by atoms with Crippen LogP contribution in [0.15, 0.2) is 72.8 Å². The lowest BCUT2D eigenvalue weighted by atomic mass is 10.1. The summed E-state index contributed by atoms with van der Waals surface area (Å²) in [5.41, 5.74) is 2.77. The molecule has 4 rings (SSSR count). The molecule has 30 heavy (non-hydrogen) atoms. The number of anilines is 2. The van der Waals surface area contributed by atoms with Gasteiger partial charge in [-0.15, -0.1) is 0 Å². The first-order valence-corrected chi connectivity index (χ1v) is 9.62. The lowest BCUT2D eigenvalue weighted by Gasteiger charge is -2.14. The van der Waals surface area contributed by atoms with Crippen molar-refractivity contribution in [2.75, 3.05) is 10.2 Å². The molecule has 0 unspecified atom stereocenters. The Labute approximate surface area is 178 Å². The van der Waals surface area contributed by atoms with Gasteiger partial charge < -0.3 is 5.32 Å². The van der Waals surface area contributed by atoms with E-state index in [4.69, 9.17) is 12.2 Å². The molecule has 2 N–H and O–H groups in total. The van der Waals surface area contributed by atoms with Gasteiger partial charge in [0.05, 0.1) is 22.5 Å². The minimum atomic E-state index is -0.447. The van der Waals surface area contributed by atoms with Gasteiger partial charge in [0.15, 0.2) is 5.11 Å². The number of aryl methyl sites for hydroxylation is 1. The molecule has 6 nitrogen and oxygen atoms in total. The van der Waals surface area contributed by atoms with Gasteiger partial charge in [-0.1, -0.05) is 42.0 Å². The molecule has 0 radical (unpaired) electrons. The largest absolute Gasteiger partial charge is 0.332 e. The van der Waals surface area contributed by atoms with Crippen molar-refractivity contribution in [3.8, 4) is 0 Å². The fourth-order valence-corrected chi connectivity index (χ4v) is 3.52. The Kier molecular flexibility index (Phi) is 5.12. The van der Waals surface area contributed by atoms with E-state index in [1.54, 1.807) is 60.7 Å². The molecule has 0 fully saturated rings. The number of carbonyl (C=O) groups is 3. The number of amides is 3. The third kappa shape index (κ3) is 3.58. The summed E-state index contributed by atoms with van der Waals surface area (Å²) in [6, 6.07) is 20.7. The van der Waals surface area contributed by atoms with Crippen molar-refractivity contribution < 1.29 is 14.4 Å². The van der Waals surface area contributed by atoms with Crippen molar-refractivity contribution in [3.05, 3.63) is 95.1 Å². The first kappa shape index (κ1) is 19.5. The van der Waals surface area contributed by atoms with Crippen LogP contribution in [0, 0.1) is 6.92 Å². The molecule has 1 heterocycles. The van der Waals surface area contributed by atoms with Gasteiger partial charge in [0, 0.05) is 5.56 Å². The smallest absolute Gasteiger partial charge is 0.268 e. The average Bonchev–Trinajstić information content (AvgIpc) is 2.99. The summed E-state index contributed by atoms with van der Waals surface area (Å²) in [7, 11) is 0. The summed E-state index contributed by atoms with van der Waals surface area (Å²) in [6.45, 7) is 1.89. The molecule has 0 saturated carbocycles. The second kappa shape index (κ2) is 7.88. The molecule has 0 aromatic heterocycles. The highest BCUT2D eigenvalue weighted by Gasteiger charge is 2.38. The molecular formula is C23H17N3O3S. The van der Waals surface area contributed by atoms with Crippen molar-refractivity contribution in [2.24, 2.45) is 0 Å². The fourth-order valence-electron chi connectivity index (χ4n) is 3.32. The van der Waals surface area contributed by atoms with E-state index in [0.29, 0.717) is 16.9 Å². The number of hydrogen-bond donors (Lipinski definition) is 2. The summed E-state index contributed by atoms with van der Waals surface area (Å²) < 4.78 is 0. The highest BCUT2D eigenvalue weighted by molar-refractivity contribution is 7.80. The summed E-state index contributed by atoms with van der Waals surface area (Å²) in [6.07, 6.45) is 0. The Balaban J connectivity index is 1.57. The molecule has 3 amide bonds. The molecule has 148 valence electrons. The van der Waals surface area contributed by atoms with Crippen molar-refractivity contribution in [1.29, 1.82) is 0 Å². The number of nitrogens with zero attached hydrogens (tertiary/aromatic N) is 1. The van der Waals surface area contributed by atoms with Crippen molar-refractivity contribution in [3.63, 3.8) is 0 Å². The maximum atomic E-state index is 13.0. The first-order chi connectivity index (χ1) is 14.5. The lowest BCUT2D eigenvalue weighted by molar-refractivity contribution is 0.0924. The standard InChI is InChI=1S/C23H17N3O3S/c1-14-7-5-8-15(13-14)20(27)25-23(30)24-18-12-6-11-17-19(18)22(29)26(21(17)28)16-9-3-2-4-10-16/h2-13H,1H3,(H2,24,25,27,30). The second-order valence-corrected chi connectivity index (χ2v) is 7.20. The van der Waals surface area contributed by atoms with Crippen LogP contribution in [-0.4, -0.2) is 22.8 Å². The number of carbonyl (C=O) groups excluding carboxylic acids is 3. The maximum Gasteiger partial charge on any atom is 0.268 e. The van der Waals surface area contributed by atoms with Gasteiger partial charge in [-0.25, -0.2) is 4.90 Å². The zero-order valence-electron chi connectivity index (χ0n) is 16.0. The van der Waals surface area contributed by atoms with Crippen LogP contribution in [0.3, 0.4) is 0 Å². The molecule has 0 bridgehead atoms. The van der Waals surface area contributed by atoms with Crippen LogP contribution in [-0.2, 0) is 0 Å². The van der Waals surface area contributed by atoms with Crippen LogP contribution >= 0.6 is 12.2 Å². The Morgan fingerprint density at radius 2 is 1.63 bits per heavy atom. The van der Waals surface area contributed by atoms with Crippen LogP contribution in [0.5, 0.6) is 0 Å². The highest BCUT2D eigenvalue weighted by atomic mass is 32.1. The minimum Gasteiger partial charge on any atom is -0.332 e. The van der Waals surface area contributed by atoms with Crippen LogP contribution in [0.25, 0.3) is 0 Å². The van der Waals surface area contributed by atoms with Gasteiger partial charge in [-0.2, -0.15) is 0 Å². The van der Waals surface area contributed by atoms with E-state index in [1.807, 2.05) is 19.1 Å². The van der Waals surface area contributed by atoms with Crippen molar-refractivity contribution >= 4 is 46.4 Å². The van der Waals surface area contributed by atoms with Gasteiger partial charge >= 0.3 is 0 Å². The quantitative estimate of drug-likeness (QED) is 0.501. The Morgan fingerprint density at radius 1 is 0.900 bits per heavy atom. The van der Waals surface area contributed by atoms with Crippen LogP contribution < -0.4 is 15.5 Å². The molecule has 0 atom stereocenters. The molecule has 3 aromatic rings. The number of benzene rings is 3. The van der Waals surface area contributed by atoms with Gasteiger partial charge in [0.1, 0.15) is 0 Å². The van der Waals surface area contributed by atoms with E-state index in [1.165, 1.54) is 0 Å². The van der Waals surface area contributed by atoms with Gasteiger partial charge in [0.25, 0.3) is 17.7 Å². The molecule has 7 heteroatoms. The Hall–Kier alpha value is -3.84. The molecule has 0 spiro atoms. The van der Waals surface area contributed by atoms with Crippen LogP contribution in [0.2, 0.25) is 0 Å². The summed E-state index contributed by atoms with van der Waals surface area (Å²) in [5.74, 6) is -1.21. The molecule has 3 aromatic carbocycles. The molecular weight excluding hydrogens is 398 g/mol. The number of hydrogen-bond acceptors (Lipinski definition) is 4. The predicted octanol–water partition coefficient (Wildman–Crippen LogP) is 3.92. The number of imide groups is 1. The zero-order chi connectivity index (χ0) is 21.3. The normalized spacial score (nSPS) is 12.5. The fraction of sp³-hybridized carbons (Fsp3) is 0.0435. The Bertz CT molecular complexity index is 1190. The average molecular weight is 415 g/mol. The molecule has 0 aliphatic carbocycles. The minimum absolute atomic E-state index is 0.0355. The monoisotopic (exact) mass is 415 g/mol. The van der Waals surface area contributed by atoms with Gasteiger partial charge in [-0.05, 0) is 55.5 Å². The third-order valence-electron chi connectivity index (χ3n) is 4.68. The molecule has 0 saturated heterocycles. The van der Waals surface area contributed by atoms with E-state index >= 15 is 0 Å². The van der Waals surface area contributed by atoms with E-state index < -0.39 is 11.8 Å². The third-order valence-corrected chi connectivity index (χ3v) is 4.89. The second-order valence-electron chi connectivity index (χ2n) is 6.79. The number of rotatable bonds is 3. The maximum absolute atomic E-state index is 13.0. The SMILES string of the molecule is Cc1cccc(C(=O)NC(=S)Nc2cccc3c2C(=O)N(c2ccccc2)C3=O)c1. The van der Waals surface area contributed by atoms with E-state index in [0.717, 1.165) is 10.5 Å². The van der Waals surface area contributed by atoms with Crippen molar-refractivity contribution in [2.45, 2.75) is 6.92 Å². The Morgan fingerprint density at radius 3 is 2.37 bits per heavy atom. The number of para-hydroxylation sites is 1. The number of nitrogens with one attached hydrogen (secondary N) is 2. The summed E-state index contributed by atoms with van der Waals surface area (Å²) in [4.78, 5) is 39.4. The highest BCUT2D eigenvalue weighted by Crippen LogP contribution is 2.32. The lowest BCUT2D eigenvalue weighted by Crippen LogP contribution is -2.34.